The van der Waals surface area contributed by atoms with Gasteiger partial charge in [0, 0.05) is 27.1 Å². The molecule has 0 amide bonds. The smallest absolute Gasteiger partial charge is 0.333 e. The summed E-state index contributed by atoms with van der Waals surface area (Å²) in [4.78, 5) is 54.3. The van der Waals surface area contributed by atoms with Crippen LogP contribution in [0.5, 0.6) is 0 Å². The summed E-state index contributed by atoms with van der Waals surface area (Å²) in [7, 11) is 1.64. The molecule has 0 aromatic carbocycles. The molecule has 0 aliphatic carbocycles. The van der Waals surface area contributed by atoms with E-state index in [-0.39, 0.29) is 36.3 Å². The van der Waals surface area contributed by atoms with Crippen molar-refractivity contribution in [3.8, 4) is 0 Å². The van der Waals surface area contributed by atoms with Gasteiger partial charge in [0.1, 0.15) is 11.6 Å². The number of hydrogen-bond donors (Lipinski definition) is 1. The van der Waals surface area contributed by atoms with E-state index >= 15 is 0 Å². The van der Waals surface area contributed by atoms with Crippen LogP contribution in [0.25, 0.3) is 11.2 Å². The first-order valence-corrected chi connectivity index (χ1v) is 10.6. The number of unbranched alkanes of at least 4 members (excludes halogenated alkanes) is 1. The van der Waals surface area contributed by atoms with Crippen LogP contribution in [0.1, 0.15) is 59.9 Å². The molecule has 2 atom stereocenters. The maximum absolute atomic E-state index is 13.3. The van der Waals surface area contributed by atoms with Crippen molar-refractivity contribution in [2.45, 2.75) is 78.2 Å². The number of hydrogen-bond acceptors (Lipinski definition) is 8. The fourth-order valence-electron chi connectivity index (χ4n) is 3.47. The summed E-state index contributed by atoms with van der Waals surface area (Å²) in [6.07, 6.45) is 2.89. The Morgan fingerprint density at radius 2 is 1.88 bits per heavy atom. The highest BCUT2D eigenvalue weighted by atomic mass is 16.6. The topological polar surface area (TPSA) is 140 Å². The van der Waals surface area contributed by atoms with Crippen LogP contribution >= 0.6 is 0 Å². The number of aryl methyl sites for hydroxylation is 1. The predicted molar refractivity (Wildman–Crippen MR) is 118 cm³/mol. The standard InChI is InChI=1S/C21H33N5O6/c1-13(31-14(2)27)9-7-8-10-25-18(28)16-17(23-12-24(16)6)26(20(25)30)15(11-22)19(29)32-21(3,4)5/h12-13,15H,7-11,22H2,1-6H3. The average molecular weight is 452 g/mol. The largest absolute Gasteiger partial charge is 0.463 e. The molecule has 2 unspecified atom stereocenters. The Morgan fingerprint density at radius 1 is 1.22 bits per heavy atom. The van der Waals surface area contributed by atoms with Crippen molar-refractivity contribution >= 4 is 23.1 Å². The number of imidazole rings is 1. The van der Waals surface area contributed by atoms with Gasteiger partial charge in [0.15, 0.2) is 11.2 Å². The van der Waals surface area contributed by atoms with Gasteiger partial charge in [-0.1, -0.05) is 0 Å². The zero-order chi connectivity index (χ0) is 24.2. The minimum Gasteiger partial charge on any atom is -0.463 e. The van der Waals surface area contributed by atoms with Crippen LogP contribution in [0.4, 0.5) is 0 Å². The Kier molecular flexibility index (Phi) is 8.00. The second-order valence-electron chi connectivity index (χ2n) is 8.84. The van der Waals surface area contributed by atoms with Crippen molar-refractivity contribution in [1.82, 2.24) is 18.7 Å². The van der Waals surface area contributed by atoms with E-state index in [0.717, 1.165) is 9.13 Å². The van der Waals surface area contributed by atoms with E-state index in [1.54, 1.807) is 34.7 Å². The summed E-state index contributed by atoms with van der Waals surface area (Å²) in [5, 5.41) is 0. The molecule has 2 rings (SSSR count). The Bertz CT molecular complexity index is 1090. The van der Waals surface area contributed by atoms with Crippen LogP contribution in [0.15, 0.2) is 15.9 Å². The number of fused-ring (bicyclic) bond motifs is 1. The molecule has 0 aliphatic rings. The SMILES string of the molecule is CC(=O)OC(C)CCCCn1c(=O)c2c(ncn2C)n(C(CN)C(=O)OC(C)(C)C)c1=O. The van der Waals surface area contributed by atoms with E-state index in [0.29, 0.717) is 19.3 Å². The number of nitrogens with two attached hydrogens (primary N) is 1. The van der Waals surface area contributed by atoms with Gasteiger partial charge in [-0.3, -0.25) is 18.7 Å². The summed E-state index contributed by atoms with van der Waals surface area (Å²) < 4.78 is 14.3. The number of ether oxygens (including phenoxy) is 2. The first-order valence-electron chi connectivity index (χ1n) is 10.6. The van der Waals surface area contributed by atoms with Gasteiger partial charge in [-0.25, -0.2) is 14.6 Å². The molecule has 0 radical (unpaired) electrons. The summed E-state index contributed by atoms with van der Waals surface area (Å²) in [6, 6.07) is -1.13. The molecule has 0 saturated carbocycles. The lowest BCUT2D eigenvalue weighted by molar-refractivity contribution is -0.158. The van der Waals surface area contributed by atoms with Crippen molar-refractivity contribution in [2.24, 2.45) is 12.8 Å². The highest BCUT2D eigenvalue weighted by Gasteiger charge is 2.30. The van der Waals surface area contributed by atoms with E-state index in [2.05, 4.69) is 4.98 Å². The molecule has 2 aromatic heterocycles. The van der Waals surface area contributed by atoms with E-state index in [9.17, 15) is 19.2 Å². The van der Waals surface area contributed by atoms with Gasteiger partial charge >= 0.3 is 17.6 Å². The van der Waals surface area contributed by atoms with E-state index in [1.165, 1.54) is 17.8 Å². The van der Waals surface area contributed by atoms with Crippen molar-refractivity contribution in [1.29, 1.82) is 0 Å². The highest BCUT2D eigenvalue weighted by Crippen LogP contribution is 2.17. The molecule has 2 aromatic rings. The van der Waals surface area contributed by atoms with Crippen LogP contribution in [0.3, 0.4) is 0 Å². The first kappa shape index (κ1) is 25.3. The Morgan fingerprint density at radius 3 is 2.44 bits per heavy atom. The summed E-state index contributed by atoms with van der Waals surface area (Å²) >= 11 is 0. The fourth-order valence-corrected chi connectivity index (χ4v) is 3.47. The normalized spacial score (nSPS) is 13.7. The number of rotatable bonds is 9. The molecule has 0 saturated heterocycles. The highest BCUT2D eigenvalue weighted by molar-refractivity contribution is 5.78. The molecular weight excluding hydrogens is 418 g/mol. The molecule has 0 aliphatic heterocycles. The summed E-state index contributed by atoms with van der Waals surface area (Å²) in [5.74, 6) is -1.03. The second kappa shape index (κ2) is 10.1. The maximum Gasteiger partial charge on any atom is 0.333 e. The van der Waals surface area contributed by atoms with Crippen molar-refractivity contribution < 1.29 is 19.1 Å². The number of aromatic nitrogens is 4. The molecule has 11 heteroatoms. The Hall–Kier alpha value is -2.95. The quantitative estimate of drug-likeness (QED) is 0.437. The monoisotopic (exact) mass is 451 g/mol. The van der Waals surface area contributed by atoms with Gasteiger partial charge < -0.3 is 19.8 Å². The second-order valence-corrected chi connectivity index (χ2v) is 8.84. The zero-order valence-corrected chi connectivity index (χ0v) is 19.6. The molecule has 32 heavy (non-hydrogen) atoms. The van der Waals surface area contributed by atoms with Crippen LogP contribution in [-0.2, 0) is 32.7 Å². The Balaban J connectivity index is 2.42. The minimum atomic E-state index is -1.13. The lowest BCUT2D eigenvalue weighted by Gasteiger charge is -2.25. The number of carbonyl (C=O) groups is 2. The molecule has 11 nitrogen and oxygen atoms in total. The van der Waals surface area contributed by atoms with Crippen LogP contribution in [0.2, 0.25) is 0 Å². The third-order valence-corrected chi connectivity index (χ3v) is 4.85. The van der Waals surface area contributed by atoms with E-state index < -0.39 is 28.9 Å². The first-order chi connectivity index (χ1) is 14.9. The van der Waals surface area contributed by atoms with Gasteiger partial charge in [-0.05, 0) is 47.0 Å². The van der Waals surface area contributed by atoms with Crippen LogP contribution < -0.4 is 17.0 Å². The van der Waals surface area contributed by atoms with Gasteiger partial charge in [0.25, 0.3) is 5.56 Å². The summed E-state index contributed by atoms with van der Waals surface area (Å²) in [6.45, 7) is 8.23. The predicted octanol–water partition coefficient (Wildman–Crippen LogP) is 0.860. The molecular formula is C21H33N5O6. The third kappa shape index (κ3) is 5.84. The van der Waals surface area contributed by atoms with Crippen molar-refractivity contribution in [3.05, 3.63) is 27.2 Å². The summed E-state index contributed by atoms with van der Waals surface area (Å²) in [5.41, 5.74) is 4.20. The number of esters is 2. The molecule has 0 fully saturated rings. The van der Waals surface area contributed by atoms with Crippen molar-refractivity contribution in [3.63, 3.8) is 0 Å². The molecule has 0 bridgehead atoms. The van der Waals surface area contributed by atoms with Gasteiger partial charge in [0.05, 0.1) is 12.4 Å². The van der Waals surface area contributed by atoms with Gasteiger partial charge in [-0.2, -0.15) is 0 Å². The van der Waals surface area contributed by atoms with E-state index in [1.807, 2.05) is 0 Å². The Labute approximate surface area is 186 Å². The number of carbonyl (C=O) groups excluding carboxylic acids is 2. The lowest BCUT2D eigenvalue weighted by atomic mass is 10.1. The lowest BCUT2D eigenvalue weighted by Crippen LogP contribution is -2.46. The van der Waals surface area contributed by atoms with Gasteiger partial charge in [0.2, 0.25) is 0 Å². The molecule has 2 heterocycles. The zero-order valence-electron chi connectivity index (χ0n) is 19.6. The van der Waals surface area contributed by atoms with Gasteiger partial charge in [-0.15, -0.1) is 0 Å². The maximum atomic E-state index is 13.3. The molecule has 0 spiro atoms. The van der Waals surface area contributed by atoms with Crippen LogP contribution in [-0.4, -0.2) is 48.9 Å². The van der Waals surface area contributed by atoms with E-state index in [4.69, 9.17) is 15.2 Å². The van der Waals surface area contributed by atoms with Crippen LogP contribution in [0, 0.1) is 0 Å². The molecule has 178 valence electrons. The molecule has 2 N–H and O–H groups in total. The van der Waals surface area contributed by atoms with Crippen molar-refractivity contribution in [2.75, 3.05) is 6.54 Å². The minimum absolute atomic E-state index is 0.0866. The number of nitrogens with zero attached hydrogens (tertiary/aromatic N) is 4. The third-order valence-electron chi connectivity index (χ3n) is 4.85. The average Bonchev–Trinajstić information content (AvgIpc) is 3.03. The fraction of sp³-hybridized carbons (Fsp3) is 0.667.